The number of benzene rings is 1. The summed E-state index contributed by atoms with van der Waals surface area (Å²) in [6.45, 7) is 0.660. The van der Waals surface area contributed by atoms with Gasteiger partial charge in [-0.05, 0) is 24.3 Å². The van der Waals surface area contributed by atoms with E-state index in [0.29, 0.717) is 12.2 Å². The molecule has 20 heavy (non-hydrogen) atoms. The monoisotopic (exact) mass is 272 g/mol. The number of nitrogens with one attached hydrogen (secondary N) is 1. The fourth-order valence-corrected chi connectivity index (χ4v) is 1.69. The summed E-state index contributed by atoms with van der Waals surface area (Å²) in [4.78, 5) is 21.6. The zero-order valence-corrected chi connectivity index (χ0v) is 11.2. The molecule has 1 aromatic heterocycles. The number of aliphatic hydroxyl groups excluding tert-OH is 1. The van der Waals surface area contributed by atoms with Crippen molar-refractivity contribution in [3.8, 4) is 0 Å². The second-order valence-electron chi connectivity index (χ2n) is 4.24. The van der Waals surface area contributed by atoms with E-state index in [2.05, 4.69) is 15.3 Å². The van der Waals surface area contributed by atoms with Crippen LogP contribution >= 0.6 is 0 Å². The molecule has 0 atom stereocenters. The van der Waals surface area contributed by atoms with Gasteiger partial charge in [0.1, 0.15) is 5.69 Å². The topological polar surface area (TPSA) is 78.4 Å². The van der Waals surface area contributed by atoms with Gasteiger partial charge in [-0.1, -0.05) is 0 Å². The molecule has 2 N–H and O–H groups in total. The molecule has 6 heteroatoms. The Morgan fingerprint density at radius 3 is 2.65 bits per heavy atom. The highest BCUT2D eigenvalue weighted by molar-refractivity contribution is 6.02. The smallest absolute Gasteiger partial charge is 0.275 e. The number of rotatable bonds is 5. The molecule has 1 heterocycles. The van der Waals surface area contributed by atoms with Crippen molar-refractivity contribution in [3.05, 3.63) is 48.5 Å². The van der Waals surface area contributed by atoms with Gasteiger partial charge in [-0.25, -0.2) is 4.98 Å². The van der Waals surface area contributed by atoms with Crippen molar-refractivity contribution in [2.24, 2.45) is 0 Å². The van der Waals surface area contributed by atoms with Crippen molar-refractivity contribution in [2.45, 2.75) is 0 Å². The van der Waals surface area contributed by atoms with E-state index in [1.807, 2.05) is 24.1 Å². The van der Waals surface area contributed by atoms with E-state index in [9.17, 15) is 4.79 Å². The van der Waals surface area contributed by atoms with Gasteiger partial charge in [-0.2, -0.15) is 0 Å². The van der Waals surface area contributed by atoms with Gasteiger partial charge in [0, 0.05) is 37.4 Å². The predicted molar refractivity (Wildman–Crippen MR) is 76.8 cm³/mol. The molecule has 0 spiro atoms. The Kier molecular flexibility index (Phi) is 4.62. The summed E-state index contributed by atoms with van der Waals surface area (Å²) >= 11 is 0. The maximum Gasteiger partial charge on any atom is 0.275 e. The quantitative estimate of drug-likeness (QED) is 0.854. The van der Waals surface area contributed by atoms with Crippen LogP contribution in [0.15, 0.2) is 42.9 Å². The van der Waals surface area contributed by atoms with Gasteiger partial charge in [-0.15, -0.1) is 0 Å². The minimum atomic E-state index is -0.297. The van der Waals surface area contributed by atoms with Gasteiger partial charge in [0.2, 0.25) is 0 Å². The van der Waals surface area contributed by atoms with Crippen LogP contribution in [0.25, 0.3) is 0 Å². The van der Waals surface area contributed by atoms with Crippen LogP contribution in [0.3, 0.4) is 0 Å². The lowest BCUT2D eigenvalue weighted by molar-refractivity contribution is 0.102. The SMILES string of the molecule is CN(CCO)c1ccc(NC(=O)c2cnccn2)cc1. The molecule has 1 aromatic carbocycles. The molecule has 0 saturated carbocycles. The molecule has 6 nitrogen and oxygen atoms in total. The molecule has 2 rings (SSSR count). The number of anilines is 2. The van der Waals surface area contributed by atoms with Gasteiger partial charge in [0.05, 0.1) is 12.8 Å². The molecule has 0 bridgehead atoms. The van der Waals surface area contributed by atoms with Crippen molar-refractivity contribution < 1.29 is 9.90 Å². The number of amides is 1. The molecule has 0 aliphatic rings. The Morgan fingerprint density at radius 1 is 1.30 bits per heavy atom. The number of nitrogens with zero attached hydrogens (tertiary/aromatic N) is 3. The highest BCUT2D eigenvalue weighted by Crippen LogP contribution is 2.16. The average Bonchev–Trinajstić information content (AvgIpc) is 2.49. The number of likely N-dealkylation sites (N-methyl/N-ethyl adjacent to an activating group) is 1. The molecule has 1 amide bonds. The molecule has 0 radical (unpaired) electrons. The first-order valence-corrected chi connectivity index (χ1v) is 6.20. The first-order valence-electron chi connectivity index (χ1n) is 6.20. The Morgan fingerprint density at radius 2 is 2.05 bits per heavy atom. The third-order valence-electron chi connectivity index (χ3n) is 2.80. The predicted octanol–water partition coefficient (Wildman–Crippen LogP) is 1.16. The molecule has 2 aromatic rings. The Hall–Kier alpha value is -2.47. The summed E-state index contributed by atoms with van der Waals surface area (Å²) < 4.78 is 0. The molecule has 104 valence electrons. The number of hydrogen-bond donors (Lipinski definition) is 2. The van der Waals surface area contributed by atoms with Gasteiger partial charge < -0.3 is 15.3 Å². The summed E-state index contributed by atoms with van der Waals surface area (Å²) in [7, 11) is 1.89. The Labute approximate surface area is 117 Å². The maximum absolute atomic E-state index is 11.9. The Bertz CT molecular complexity index is 557. The van der Waals surface area contributed by atoms with Crippen molar-refractivity contribution in [1.82, 2.24) is 9.97 Å². The molecule has 0 aliphatic heterocycles. The van der Waals surface area contributed by atoms with E-state index >= 15 is 0 Å². The molecule has 0 fully saturated rings. The van der Waals surface area contributed by atoms with Crippen LogP contribution in [0.1, 0.15) is 10.5 Å². The van der Waals surface area contributed by atoms with Crippen molar-refractivity contribution in [1.29, 1.82) is 0 Å². The molecule has 0 unspecified atom stereocenters. The summed E-state index contributed by atoms with van der Waals surface area (Å²) in [5, 5.41) is 11.6. The van der Waals surface area contributed by atoms with E-state index in [-0.39, 0.29) is 18.2 Å². The highest BCUT2D eigenvalue weighted by Gasteiger charge is 2.07. The van der Waals surface area contributed by atoms with Crippen LogP contribution in [-0.4, -0.2) is 41.2 Å². The zero-order valence-electron chi connectivity index (χ0n) is 11.2. The van der Waals surface area contributed by atoms with Crippen LogP contribution in [0.5, 0.6) is 0 Å². The van der Waals surface area contributed by atoms with Gasteiger partial charge in [-0.3, -0.25) is 9.78 Å². The first kappa shape index (κ1) is 14.0. The summed E-state index contributed by atoms with van der Waals surface area (Å²) in [5.74, 6) is -0.297. The highest BCUT2D eigenvalue weighted by atomic mass is 16.3. The Balaban J connectivity index is 2.02. The van der Waals surface area contributed by atoms with Gasteiger partial charge in [0.15, 0.2) is 0 Å². The van der Waals surface area contributed by atoms with E-state index in [4.69, 9.17) is 5.11 Å². The van der Waals surface area contributed by atoms with Crippen LogP contribution in [0, 0.1) is 0 Å². The third kappa shape index (κ3) is 3.52. The second kappa shape index (κ2) is 6.63. The standard InChI is InChI=1S/C14H16N4O2/c1-18(8-9-19)12-4-2-11(3-5-12)17-14(20)13-10-15-6-7-16-13/h2-7,10,19H,8-9H2,1H3,(H,17,20). The van der Waals surface area contributed by atoms with E-state index in [1.54, 1.807) is 12.1 Å². The molecular weight excluding hydrogens is 256 g/mol. The number of aliphatic hydroxyl groups is 1. The lowest BCUT2D eigenvalue weighted by Gasteiger charge is -2.18. The van der Waals surface area contributed by atoms with Gasteiger partial charge >= 0.3 is 0 Å². The number of aromatic nitrogens is 2. The molecular formula is C14H16N4O2. The van der Waals surface area contributed by atoms with E-state index < -0.39 is 0 Å². The van der Waals surface area contributed by atoms with Crippen molar-refractivity contribution >= 4 is 17.3 Å². The van der Waals surface area contributed by atoms with Crippen LogP contribution in [-0.2, 0) is 0 Å². The first-order chi connectivity index (χ1) is 9.70. The number of hydrogen-bond acceptors (Lipinski definition) is 5. The van der Waals surface area contributed by atoms with Crippen LogP contribution < -0.4 is 10.2 Å². The minimum absolute atomic E-state index is 0.0989. The zero-order chi connectivity index (χ0) is 14.4. The molecule has 0 aliphatic carbocycles. The van der Waals surface area contributed by atoms with Crippen LogP contribution in [0.2, 0.25) is 0 Å². The van der Waals surface area contributed by atoms with Crippen molar-refractivity contribution in [3.63, 3.8) is 0 Å². The van der Waals surface area contributed by atoms with Crippen molar-refractivity contribution in [2.75, 3.05) is 30.4 Å². The normalized spacial score (nSPS) is 10.1. The second-order valence-corrected chi connectivity index (χ2v) is 4.24. The van der Waals surface area contributed by atoms with Gasteiger partial charge in [0.25, 0.3) is 5.91 Å². The molecule has 0 saturated heterocycles. The summed E-state index contributed by atoms with van der Waals surface area (Å²) in [6.07, 6.45) is 4.41. The van der Waals surface area contributed by atoms with E-state index in [0.717, 1.165) is 5.69 Å². The fraction of sp³-hybridized carbons (Fsp3) is 0.214. The largest absolute Gasteiger partial charge is 0.395 e. The van der Waals surface area contributed by atoms with E-state index in [1.165, 1.54) is 18.6 Å². The summed E-state index contributed by atoms with van der Waals surface area (Å²) in [6, 6.07) is 7.36. The summed E-state index contributed by atoms with van der Waals surface area (Å²) in [5.41, 5.74) is 1.92. The fourth-order valence-electron chi connectivity index (χ4n) is 1.69. The minimum Gasteiger partial charge on any atom is -0.395 e. The number of carbonyl (C=O) groups is 1. The lowest BCUT2D eigenvalue weighted by atomic mass is 10.2. The third-order valence-corrected chi connectivity index (χ3v) is 2.80. The number of carbonyl (C=O) groups excluding carboxylic acids is 1. The average molecular weight is 272 g/mol. The maximum atomic E-state index is 11.9. The lowest BCUT2D eigenvalue weighted by Crippen LogP contribution is -2.21. The van der Waals surface area contributed by atoms with Crippen LogP contribution in [0.4, 0.5) is 11.4 Å².